The van der Waals surface area contributed by atoms with Gasteiger partial charge in [0.2, 0.25) is 0 Å². The molecule has 8 aromatic rings. The Balaban J connectivity index is 1.10. The van der Waals surface area contributed by atoms with Crippen LogP contribution in [0.2, 0.25) is 0 Å². The molecule has 2 atom stereocenters. The van der Waals surface area contributed by atoms with Crippen molar-refractivity contribution in [2.75, 3.05) is 0 Å². The van der Waals surface area contributed by atoms with E-state index in [0.717, 1.165) is 73.5 Å². The van der Waals surface area contributed by atoms with Gasteiger partial charge in [-0.3, -0.25) is 4.99 Å². The van der Waals surface area contributed by atoms with Crippen molar-refractivity contribution >= 4 is 44.0 Å². The third-order valence-electron chi connectivity index (χ3n) is 10.5. The Morgan fingerprint density at radius 1 is 0.588 bits per heavy atom. The number of rotatable bonds is 5. The molecule has 4 heteroatoms. The van der Waals surface area contributed by atoms with Crippen molar-refractivity contribution in [2.24, 2.45) is 10.9 Å². The van der Waals surface area contributed by atoms with Crippen molar-refractivity contribution in [3.05, 3.63) is 180 Å². The fourth-order valence-electron chi connectivity index (χ4n) is 8.03. The molecule has 0 fully saturated rings. The number of aromatic nitrogens is 1. The predicted molar refractivity (Wildman–Crippen MR) is 209 cm³/mol. The fourth-order valence-corrected chi connectivity index (χ4v) is 8.03. The maximum atomic E-state index is 6.78. The van der Waals surface area contributed by atoms with Crippen LogP contribution in [0, 0.1) is 5.92 Å². The third-order valence-corrected chi connectivity index (χ3v) is 10.5. The van der Waals surface area contributed by atoms with Crippen LogP contribution in [0.1, 0.15) is 36.0 Å². The highest BCUT2D eigenvalue weighted by Gasteiger charge is 2.31. The summed E-state index contributed by atoms with van der Waals surface area (Å²) in [6, 6.07) is 55.5. The highest BCUT2D eigenvalue weighted by Crippen LogP contribution is 2.52. The number of hydrogen-bond donors (Lipinski definition) is 0. The summed E-state index contributed by atoms with van der Waals surface area (Å²) in [7, 11) is 0. The summed E-state index contributed by atoms with van der Waals surface area (Å²) in [5.41, 5.74) is 8.93. The highest BCUT2D eigenvalue weighted by atomic mass is 16.6. The molecule has 0 N–H and O–H groups in total. The summed E-state index contributed by atoms with van der Waals surface area (Å²) in [4.78, 5) is 5.30. The zero-order valence-corrected chi connectivity index (χ0v) is 28.2. The van der Waals surface area contributed by atoms with E-state index in [1.165, 1.54) is 16.5 Å². The second kappa shape index (κ2) is 11.9. The Bertz CT molecular complexity index is 2670. The molecule has 3 heterocycles. The standard InChI is InChI=1S/C47H34N2O2/c1-2-36-39(29-40(31-13-5-3-6-14-31)48-45(36)32-15-7-4-8-16-32)30-21-23-35(24-22-30)49-41-20-12-11-19-37(41)38-25-26-42-47(46(38)49)51-44-28-34-18-10-9-17-33(34)27-43(44)50-42/h3-29,36,39H,2H2,1H3. The van der Waals surface area contributed by atoms with Crippen LogP contribution in [0.15, 0.2) is 169 Å². The average Bonchev–Trinajstić information content (AvgIpc) is 3.54. The lowest BCUT2D eigenvalue weighted by molar-refractivity contribution is 0.363. The van der Waals surface area contributed by atoms with E-state index in [-0.39, 0.29) is 11.8 Å². The van der Waals surface area contributed by atoms with Crippen LogP contribution in [0.4, 0.5) is 0 Å². The van der Waals surface area contributed by atoms with Gasteiger partial charge in [0.15, 0.2) is 23.0 Å². The van der Waals surface area contributed by atoms with Crippen LogP contribution in [0.25, 0.3) is 44.0 Å². The zero-order chi connectivity index (χ0) is 33.9. The quantitative estimate of drug-likeness (QED) is 0.184. The van der Waals surface area contributed by atoms with Crippen LogP contribution in [-0.2, 0) is 0 Å². The van der Waals surface area contributed by atoms with Gasteiger partial charge < -0.3 is 14.0 Å². The molecule has 0 amide bonds. The molecule has 0 spiro atoms. The molecule has 0 bridgehead atoms. The van der Waals surface area contributed by atoms with Gasteiger partial charge in [-0.25, -0.2) is 0 Å². The Morgan fingerprint density at radius 3 is 1.96 bits per heavy atom. The Morgan fingerprint density at radius 2 is 1.24 bits per heavy atom. The van der Waals surface area contributed by atoms with E-state index in [2.05, 4.69) is 163 Å². The van der Waals surface area contributed by atoms with Gasteiger partial charge in [-0.1, -0.05) is 122 Å². The topological polar surface area (TPSA) is 35.8 Å². The molecule has 1 aromatic heterocycles. The Hall–Kier alpha value is -6.39. The molecule has 2 aliphatic rings. The van der Waals surface area contributed by atoms with Crippen molar-refractivity contribution < 1.29 is 9.47 Å². The Kier molecular flexibility index (Phi) is 6.88. The van der Waals surface area contributed by atoms with E-state index in [1.54, 1.807) is 0 Å². The first-order valence-corrected chi connectivity index (χ1v) is 17.7. The van der Waals surface area contributed by atoms with Crippen LogP contribution >= 0.6 is 0 Å². The fraction of sp³-hybridized carbons (Fsp3) is 0.0851. The molecule has 2 aliphatic heterocycles. The van der Waals surface area contributed by atoms with Crippen LogP contribution in [0.3, 0.4) is 0 Å². The maximum absolute atomic E-state index is 6.78. The molecule has 0 saturated carbocycles. The van der Waals surface area contributed by atoms with E-state index in [1.807, 2.05) is 12.1 Å². The summed E-state index contributed by atoms with van der Waals surface area (Å²) in [5, 5.41) is 4.53. The molecule has 244 valence electrons. The lowest BCUT2D eigenvalue weighted by Crippen LogP contribution is -2.25. The molecule has 0 aliphatic carbocycles. The summed E-state index contributed by atoms with van der Waals surface area (Å²) in [5.74, 6) is 3.31. The van der Waals surface area contributed by atoms with Gasteiger partial charge in [0.1, 0.15) is 5.52 Å². The summed E-state index contributed by atoms with van der Waals surface area (Å²) in [6.45, 7) is 2.27. The first-order valence-electron chi connectivity index (χ1n) is 17.7. The average molecular weight is 659 g/mol. The van der Waals surface area contributed by atoms with Crippen LogP contribution < -0.4 is 9.47 Å². The summed E-state index contributed by atoms with van der Waals surface area (Å²) < 4.78 is 15.6. The van der Waals surface area contributed by atoms with Gasteiger partial charge >= 0.3 is 0 Å². The van der Waals surface area contributed by atoms with Crippen molar-refractivity contribution in [2.45, 2.75) is 19.3 Å². The van der Waals surface area contributed by atoms with Gasteiger partial charge in [0.05, 0.1) is 16.9 Å². The molecule has 7 aromatic carbocycles. The SMILES string of the molecule is CCC1C(c2ccccc2)=NC(c2ccccc2)=CC1c1ccc(-n2c3ccccc3c3ccc4c(c32)Oc2cc3ccccc3cc2O4)cc1. The van der Waals surface area contributed by atoms with Crippen LogP contribution in [-0.4, -0.2) is 10.3 Å². The van der Waals surface area contributed by atoms with Gasteiger partial charge in [0, 0.05) is 28.3 Å². The minimum atomic E-state index is 0.168. The van der Waals surface area contributed by atoms with Gasteiger partial charge in [-0.05, 0) is 82.4 Å². The molecule has 51 heavy (non-hydrogen) atoms. The highest BCUT2D eigenvalue weighted by molar-refractivity contribution is 6.12. The number of allylic oxidation sites excluding steroid dienone is 1. The zero-order valence-electron chi connectivity index (χ0n) is 28.2. The smallest absolute Gasteiger partial charge is 0.194 e. The summed E-state index contributed by atoms with van der Waals surface area (Å²) in [6.07, 6.45) is 3.35. The number of nitrogens with zero attached hydrogens (tertiary/aromatic N) is 2. The molecule has 4 nitrogen and oxygen atoms in total. The number of aliphatic imine (C=N–C) groups is 1. The number of hydrogen-bond acceptors (Lipinski definition) is 3. The largest absolute Gasteiger partial charge is 0.449 e. The minimum Gasteiger partial charge on any atom is -0.449 e. The molecule has 0 saturated heterocycles. The van der Waals surface area contributed by atoms with Crippen LogP contribution in [0.5, 0.6) is 23.0 Å². The molecular formula is C47H34N2O2. The molecule has 10 rings (SSSR count). The first-order chi connectivity index (χ1) is 25.2. The van der Waals surface area contributed by atoms with Gasteiger partial charge in [-0.2, -0.15) is 0 Å². The predicted octanol–water partition coefficient (Wildman–Crippen LogP) is 12.5. The summed E-state index contributed by atoms with van der Waals surface area (Å²) >= 11 is 0. The maximum Gasteiger partial charge on any atom is 0.194 e. The number of benzene rings is 7. The van der Waals surface area contributed by atoms with Gasteiger partial charge in [-0.15, -0.1) is 0 Å². The molecule has 2 unspecified atom stereocenters. The molecule has 0 radical (unpaired) electrons. The van der Waals surface area contributed by atoms with Crippen molar-refractivity contribution in [3.63, 3.8) is 0 Å². The minimum absolute atomic E-state index is 0.168. The van der Waals surface area contributed by atoms with E-state index in [0.29, 0.717) is 5.75 Å². The van der Waals surface area contributed by atoms with E-state index in [4.69, 9.17) is 14.5 Å². The number of fused-ring (bicyclic) bond motifs is 7. The molecular weight excluding hydrogens is 625 g/mol. The first kappa shape index (κ1) is 29.5. The van der Waals surface area contributed by atoms with Gasteiger partial charge in [0.25, 0.3) is 0 Å². The van der Waals surface area contributed by atoms with Crippen molar-refractivity contribution in [1.82, 2.24) is 4.57 Å². The Labute approximate surface area is 296 Å². The van der Waals surface area contributed by atoms with E-state index in [9.17, 15) is 0 Å². The third kappa shape index (κ3) is 4.86. The van der Waals surface area contributed by atoms with E-state index >= 15 is 0 Å². The lowest BCUT2D eigenvalue weighted by Gasteiger charge is -2.31. The monoisotopic (exact) mass is 658 g/mol. The number of ether oxygens (including phenoxy) is 2. The van der Waals surface area contributed by atoms with Crippen molar-refractivity contribution in [3.8, 4) is 28.7 Å². The van der Waals surface area contributed by atoms with E-state index < -0.39 is 0 Å². The normalized spacial score (nSPS) is 16.6. The second-order valence-electron chi connectivity index (χ2n) is 13.4. The second-order valence-corrected chi connectivity index (χ2v) is 13.4. The number of para-hydroxylation sites is 1. The lowest BCUT2D eigenvalue weighted by atomic mass is 9.76. The van der Waals surface area contributed by atoms with Crippen molar-refractivity contribution in [1.29, 1.82) is 0 Å².